The average Bonchev–Trinajstić information content (AvgIpc) is 3.15. The summed E-state index contributed by atoms with van der Waals surface area (Å²) in [6.45, 7) is 0. The van der Waals surface area contributed by atoms with Crippen molar-refractivity contribution in [1.29, 1.82) is 0 Å². The standard InChI is InChI=1S/C42H28N4/c1-3-9-29(10-4-1)31-15-21-35(22-16-31)40-44-41(36-23-17-32(18-24-36)30-11-5-2-6-12-30)46-42(45-40)37-25-19-34(20-26-37)39-38-14-8-7-13-33(38)27-28-43-39/h1-28H. The monoisotopic (exact) mass is 588 g/mol. The molecule has 2 aromatic heterocycles. The molecule has 0 saturated carbocycles. The van der Waals surface area contributed by atoms with Crippen LogP contribution in [0.4, 0.5) is 0 Å². The highest BCUT2D eigenvalue weighted by molar-refractivity contribution is 5.94. The third kappa shape index (κ3) is 5.44. The van der Waals surface area contributed by atoms with Crippen molar-refractivity contribution in [2.24, 2.45) is 0 Å². The van der Waals surface area contributed by atoms with Crippen molar-refractivity contribution in [1.82, 2.24) is 19.9 Å². The molecule has 0 amide bonds. The fourth-order valence-electron chi connectivity index (χ4n) is 5.77. The zero-order valence-electron chi connectivity index (χ0n) is 25.0. The molecule has 0 aliphatic rings. The van der Waals surface area contributed by atoms with Gasteiger partial charge >= 0.3 is 0 Å². The topological polar surface area (TPSA) is 51.6 Å². The highest BCUT2D eigenvalue weighted by Crippen LogP contribution is 2.31. The van der Waals surface area contributed by atoms with E-state index in [1.165, 1.54) is 16.5 Å². The molecular formula is C42H28N4. The Bertz CT molecular complexity index is 2160. The Balaban J connectivity index is 1.19. The van der Waals surface area contributed by atoms with Crippen LogP contribution in [-0.4, -0.2) is 19.9 Å². The van der Waals surface area contributed by atoms with Gasteiger partial charge in [-0.25, -0.2) is 15.0 Å². The van der Waals surface area contributed by atoms with Crippen LogP contribution in [0.25, 0.3) is 78.4 Å². The van der Waals surface area contributed by atoms with E-state index in [0.29, 0.717) is 17.5 Å². The van der Waals surface area contributed by atoms with E-state index in [1.807, 2.05) is 24.4 Å². The lowest BCUT2D eigenvalue weighted by Gasteiger charge is -2.11. The summed E-state index contributed by atoms with van der Waals surface area (Å²) in [6.07, 6.45) is 1.86. The van der Waals surface area contributed by atoms with E-state index >= 15 is 0 Å². The van der Waals surface area contributed by atoms with Gasteiger partial charge in [0.2, 0.25) is 0 Å². The minimum absolute atomic E-state index is 0.622. The van der Waals surface area contributed by atoms with Crippen molar-refractivity contribution < 1.29 is 0 Å². The van der Waals surface area contributed by atoms with Crippen LogP contribution < -0.4 is 0 Å². The highest BCUT2D eigenvalue weighted by Gasteiger charge is 2.14. The molecule has 0 fully saturated rings. The van der Waals surface area contributed by atoms with Crippen LogP contribution in [0.3, 0.4) is 0 Å². The molecule has 2 heterocycles. The first-order valence-corrected chi connectivity index (χ1v) is 15.3. The molecule has 0 bridgehead atoms. The van der Waals surface area contributed by atoms with E-state index in [1.54, 1.807) is 0 Å². The quantitative estimate of drug-likeness (QED) is 0.194. The predicted octanol–water partition coefficient (Wildman–Crippen LogP) is 10.4. The normalized spacial score (nSPS) is 11.0. The number of aromatic nitrogens is 4. The van der Waals surface area contributed by atoms with Crippen LogP contribution in [0.2, 0.25) is 0 Å². The van der Waals surface area contributed by atoms with Crippen molar-refractivity contribution in [3.05, 3.63) is 170 Å². The molecule has 4 nitrogen and oxygen atoms in total. The molecule has 0 spiro atoms. The molecule has 0 aliphatic carbocycles. The van der Waals surface area contributed by atoms with E-state index in [2.05, 4.69) is 146 Å². The van der Waals surface area contributed by atoms with Gasteiger partial charge in [-0.1, -0.05) is 158 Å². The summed E-state index contributed by atoms with van der Waals surface area (Å²) >= 11 is 0. The van der Waals surface area contributed by atoms with Gasteiger partial charge in [-0.3, -0.25) is 4.98 Å². The number of rotatable bonds is 6. The van der Waals surface area contributed by atoms with Crippen molar-refractivity contribution in [2.75, 3.05) is 0 Å². The Morgan fingerprint density at radius 1 is 0.283 bits per heavy atom. The van der Waals surface area contributed by atoms with Crippen LogP contribution in [0.15, 0.2) is 170 Å². The summed E-state index contributed by atoms with van der Waals surface area (Å²) in [7, 11) is 0. The van der Waals surface area contributed by atoms with Gasteiger partial charge in [0.15, 0.2) is 17.5 Å². The van der Waals surface area contributed by atoms with Crippen LogP contribution in [-0.2, 0) is 0 Å². The van der Waals surface area contributed by atoms with Crippen LogP contribution in [0, 0.1) is 0 Å². The van der Waals surface area contributed by atoms with E-state index in [-0.39, 0.29) is 0 Å². The lowest BCUT2D eigenvalue weighted by atomic mass is 10.0. The Morgan fingerprint density at radius 2 is 0.652 bits per heavy atom. The average molecular weight is 589 g/mol. The van der Waals surface area contributed by atoms with Crippen LogP contribution in [0.1, 0.15) is 0 Å². The van der Waals surface area contributed by atoms with E-state index in [0.717, 1.165) is 44.5 Å². The molecule has 0 atom stereocenters. The number of hydrogen-bond donors (Lipinski definition) is 0. The molecule has 0 saturated heterocycles. The largest absolute Gasteiger partial charge is 0.256 e. The number of benzene rings is 6. The Hall–Kier alpha value is -6.26. The first kappa shape index (κ1) is 27.3. The maximum absolute atomic E-state index is 4.98. The SMILES string of the molecule is c1ccc(-c2ccc(-c3nc(-c4ccc(-c5ccccc5)cc4)nc(-c4ccc(-c5nccc6ccccc56)cc4)n3)cc2)cc1. The molecule has 4 heteroatoms. The van der Waals surface area contributed by atoms with Crippen molar-refractivity contribution >= 4 is 10.8 Å². The van der Waals surface area contributed by atoms with Gasteiger partial charge in [0.05, 0.1) is 5.69 Å². The van der Waals surface area contributed by atoms with Crippen molar-refractivity contribution in [2.45, 2.75) is 0 Å². The lowest BCUT2D eigenvalue weighted by molar-refractivity contribution is 1.07. The van der Waals surface area contributed by atoms with E-state index in [4.69, 9.17) is 19.9 Å². The van der Waals surface area contributed by atoms with Gasteiger partial charge in [0.1, 0.15) is 0 Å². The number of fused-ring (bicyclic) bond motifs is 1. The second kappa shape index (κ2) is 12.0. The predicted molar refractivity (Wildman–Crippen MR) is 188 cm³/mol. The van der Waals surface area contributed by atoms with E-state index < -0.39 is 0 Å². The van der Waals surface area contributed by atoms with Gasteiger partial charge in [-0.15, -0.1) is 0 Å². The molecule has 216 valence electrons. The van der Waals surface area contributed by atoms with Crippen molar-refractivity contribution in [3.63, 3.8) is 0 Å². The smallest absolute Gasteiger partial charge is 0.164 e. The second-order valence-electron chi connectivity index (χ2n) is 11.2. The number of nitrogens with zero attached hydrogens (tertiary/aromatic N) is 4. The second-order valence-corrected chi connectivity index (χ2v) is 11.2. The fraction of sp³-hybridized carbons (Fsp3) is 0. The lowest BCUT2D eigenvalue weighted by Crippen LogP contribution is -2.00. The number of hydrogen-bond acceptors (Lipinski definition) is 4. The van der Waals surface area contributed by atoms with Crippen molar-refractivity contribution in [3.8, 4) is 67.7 Å². The molecule has 8 rings (SSSR count). The molecule has 0 N–H and O–H groups in total. The van der Waals surface area contributed by atoms with Gasteiger partial charge in [-0.05, 0) is 33.7 Å². The fourth-order valence-corrected chi connectivity index (χ4v) is 5.77. The number of pyridine rings is 1. The molecule has 0 aliphatic heterocycles. The van der Waals surface area contributed by atoms with E-state index in [9.17, 15) is 0 Å². The summed E-state index contributed by atoms with van der Waals surface area (Å²) in [5, 5.41) is 2.29. The molecule has 0 radical (unpaired) electrons. The van der Waals surface area contributed by atoms with Gasteiger partial charge < -0.3 is 0 Å². The van der Waals surface area contributed by atoms with Gasteiger partial charge in [-0.2, -0.15) is 0 Å². The summed E-state index contributed by atoms with van der Waals surface area (Å²) < 4.78 is 0. The van der Waals surface area contributed by atoms with Crippen LogP contribution >= 0.6 is 0 Å². The minimum atomic E-state index is 0.622. The minimum Gasteiger partial charge on any atom is -0.256 e. The zero-order chi connectivity index (χ0) is 30.7. The zero-order valence-corrected chi connectivity index (χ0v) is 25.0. The Morgan fingerprint density at radius 3 is 1.13 bits per heavy atom. The third-order valence-electron chi connectivity index (χ3n) is 8.23. The summed E-state index contributed by atoms with van der Waals surface area (Å²) in [5.74, 6) is 1.88. The maximum atomic E-state index is 4.98. The third-order valence-corrected chi connectivity index (χ3v) is 8.23. The molecule has 0 unspecified atom stereocenters. The van der Waals surface area contributed by atoms with Crippen LogP contribution in [0.5, 0.6) is 0 Å². The van der Waals surface area contributed by atoms with Gasteiger partial charge in [0, 0.05) is 33.8 Å². The summed E-state index contributed by atoms with van der Waals surface area (Å²) in [6, 6.07) is 56.2. The highest BCUT2D eigenvalue weighted by atomic mass is 15.0. The first-order chi connectivity index (χ1) is 22.8. The first-order valence-electron chi connectivity index (χ1n) is 15.3. The molecule has 8 aromatic rings. The van der Waals surface area contributed by atoms with Gasteiger partial charge in [0.25, 0.3) is 0 Å². The summed E-state index contributed by atoms with van der Waals surface area (Å²) in [4.78, 5) is 19.6. The molecule has 46 heavy (non-hydrogen) atoms. The maximum Gasteiger partial charge on any atom is 0.164 e. The molecule has 6 aromatic carbocycles. The molecular weight excluding hydrogens is 560 g/mol. The summed E-state index contributed by atoms with van der Waals surface area (Å²) in [5.41, 5.74) is 9.42. The Kier molecular flexibility index (Phi) is 7.14. The Labute approximate surface area is 267 Å².